The Morgan fingerprint density at radius 3 is 2.44 bits per heavy atom. The van der Waals surface area contributed by atoms with Gasteiger partial charge in [-0.15, -0.1) is 0 Å². The summed E-state index contributed by atoms with van der Waals surface area (Å²) in [6.07, 6.45) is 4.91. The number of imidazole rings is 1. The van der Waals surface area contributed by atoms with Crippen LogP contribution >= 0.6 is 0 Å². The number of hydrogen-bond acceptors (Lipinski definition) is 6. The third-order valence-electron chi connectivity index (χ3n) is 6.88. The van der Waals surface area contributed by atoms with Crippen LogP contribution in [-0.2, 0) is 9.53 Å². The number of anilines is 2. The van der Waals surface area contributed by atoms with Crippen LogP contribution in [0.2, 0.25) is 0 Å². The summed E-state index contributed by atoms with van der Waals surface area (Å²) in [6.45, 7) is 6.97. The van der Waals surface area contributed by atoms with Crippen molar-refractivity contribution in [1.29, 1.82) is 0 Å². The molecule has 11 heteroatoms. The van der Waals surface area contributed by atoms with E-state index in [1.54, 1.807) is 51.2 Å². The molecule has 0 saturated carbocycles. The number of benzene rings is 1. The van der Waals surface area contributed by atoms with E-state index in [9.17, 15) is 19.2 Å². The Labute approximate surface area is 226 Å². The highest BCUT2D eigenvalue weighted by Crippen LogP contribution is 2.30. The number of rotatable bonds is 4. The van der Waals surface area contributed by atoms with E-state index in [2.05, 4.69) is 15.6 Å². The van der Waals surface area contributed by atoms with Crippen molar-refractivity contribution in [3.8, 4) is 0 Å². The van der Waals surface area contributed by atoms with E-state index in [-0.39, 0.29) is 24.2 Å². The van der Waals surface area contributed by atoms with Gasteiger partial charge in [0, 0.05) is 43.5 Å². The molecule has 39 heavy (non-hydrogen) atoms. The summed E-state index contributed by atoms with van der Waals surface area (Å²) in [6, 6.07) is 10.4. The largest absolute Gasteiger partial charge is 0.444 e. The Bertz CT molecular complexity index is 1420. The van der Waals surface area contributed by atoms with Crippen LogP contribution in [0.25, 0.3) is 5.65 Å². The molecule has 0 bridgehead atoms. The number of nitrogens with one attached hydrogen (secondary N) is 2. The van der Waals surface area contributed by atoms with Gasteiger partial charge in [0.15, 0.2) is 0 Å². The molecule has 2 aliphatic heterocycles. The second-order valence-corrected chi connectivity index (χ2v) is 10.8. The summed E-state index contributed by atoms with van der Waals surface area (Å²) in [5, 5.41) is 5.02. The van der Waals surface area contributed by atoms with Crippen molar-refractivity contribution in [3.05, 3.63) is 59.9 Å². The number of piperidine rings is 1. The number of amides is 5. The molecule has 2 N–H and O–H groups in total. The summed E-state index contributed by atoms with van der Waals surface area (Å²) in [5.41, 5.74) is 2.41. The Kier molecular flexibility index (Phi) is 6.98. The van der Waals surface area contributed by atoms with Gasteiger partial charge in [0.25, 0.3) is 5.91 Å². The third-order valence-corrected chi connectivity index (χ3v) is 6.88. The van der Waals surface area contributed by atoms with Crippen molar-refractivity contribution < 1.29 is 23.9 Å². The summed E-state index contributed by atoms with van der Waals surface area (Å²) in [7, 11) is 0. The maximum Gasteiger partial charge on any atom is 0.412 e. The van der Waals surface area contributed by atoms with Crippen LogP contribution < -0.4 is 15.5 Å². The van der Waals surface area contributed by atoms with Gasteiger partial charge in [0.05, 0.1) is 6.20 Å². The predicted octanol–water partition coefficient (Wildman–Crippen LogP) is 4.15. The van der Waals surface area contributed by atoms with Crippen molar-refractivity contribution in [3.63, 3.8) is 0 Å². The molecule has 0 aliphatic carbocycles. The number of likely N-dealkylation sites (tertiary alicyclic amines) is 1. The van der Waals surface area contributed by atoms with E-state index >= 15 is 0 Å². The monoisotopic (exact) mass is 532 g/mol. The van der Waals surface area contributed by atoms with Crippen molar-refractivity contribution in [2.24, 2.45) is 0 Å². The molecule has 5 amide bonds. The SMILES string of the molecule is CC(C)(C)OC(=O)Nc1ccc(C(=O)N2CCC(c3ccn4c(N5CCC(=O)NC5=O)cnc4c3)CC2)cc1. The Balaban J connectivity index is 1.18. The Morgan fingerprint density at radius 2 is 1.77 bits per heavy atom. The number of urea groups is 1. The van der Waals surface area contributed by atoms with Crippen LogP contribution in [0.15, 0.2) is 48.8 Å². The minimum absolute atomic E-state index is 0.0380. The first-order valence-electron chi connectivity index (χ1n) is 13.0. The fourth-order valence-corrected chi connectivity index (χ4v) is 4.94. The number of aromatic nitrogens is 2. The highest BCUT2D eigenvalue weighted by molar-refractivity contribution is 6.05. The second kappa shape index (κ2) is 10.4. The van der Waals surface area contributed by atoms with Crippen LogP contribution in [0.5, 0.6) is 0 Å². The van der Waals surface area contributed by atoms with Crippen molar-refractivity contribution in [2.75, 3.05) is 29.9 Å². The summed E-state index contributed by atoms with van der Waals surface area (Å²) >= 11 is 0. The van der Waals surface area contributed by atoms with Crippen LogP contribution in [-0.4, -0.2) is 63.5 Å². The minimum Gasteiger partial charge on any atom is -0.444 e. The predicted molar refractivity (Wildman–Crippen MR) is 145 cm³/mol. The van der Waals surface area contributed by atoms with Gasteiger partial charge in [-0.05, 0) is 81.5 Å². The van der Waals surface area contributed by atoms with Crippen LogP contribution in [0.4, 0.5) is 21.1 Å². The van der Waals surface area contributed by atoms with Crippen LogP contribution in [0.3, 0.4) is 0 Å². The minimum atomic E-state index is -0.590. The molecule has 0 spiro atoms. The molecule has 0 unspecified atom stereocenters. The zero-order valence-electron chi connectivity index (χ0n) is 22.3. The lowest BCUT2D eigenvalue weighted by Gasteiger charge is -2.32. The molecule has 2 aliphatic rings. The van der Waals surface area contributed by atoms with Gasteiger partial charge >= 0.3 is 12.1 Å². The lowest BCUT2D eigenvalue weighted by Crippen LogP contribution is -2.50. The first kappa shape index (κ1) is 26.2. The molecule has 0 atom stereocenters. The Morgan fingerprint density at radius 1 is 1.05 bits per heavy atom. The molecule has 4 heterocycles. The molecule has 11 nitrogen and oxygen atoms in total. The van der Waals surface area contributed by atoms with Crippen molar-refractivity contribution in [2.45, 2.75) is 51.6 Å². The van der Waals surface area contributed by atoms with Crippen molar-refractivity contribution in [1.82, 2.24) is 19.6 Å². The first-order chi connectivity index (χ1) is 18.6. The summed E-state index contributed by atoms with van der Waals surface area (Å²) in [4.78, 5) is 56.6. The summed E-state index contributed by atoms with van der Waals surface area (Å²) in [5.74, 6) is 0.595. The zero-order valence-corrected chi connectivity index (χ0v) is 22.3. The molecule has 5 rings (SSSR count). The third kappa shape index (κ3) is 5.87. The number of pyridine rings is 1. The maximum atomic E-state index is 13.1. The number of nitrogens with zero attached hydrogens (tertiary/aromatic N) is 4. The van der Waals surface area contributed by atoms with E-state index < -0.39 is 17.7 Å². The molecule has 0 radical (unpaired) electrons. The number of imide groups is 1. The van der Waals surface area contributed by atoms with Gasteiger partial charge in [0.1, 0.15) is 17.1 Å². The molecule has 2 aromatic heterocycles. The lowest BCUT2D eigenvalue weighted by molar-refractivity contribution is -0.120. The highest BCUT2D eigenvalue weighted by Gasteiger charge is 2.28. The zero-order chi connectivity index (χ0) is 27.7. The van der Waals surface area contributed by atoms with E-state index in [4.69, 9.17) is 4.74 Å². The van der Waals surface area contributed by atoms with E-state index in [0.717, 1.165) is 24.1 Å². The van der Waals surface area contributed by atoms with Gasteiger partial charge in [-0.2, -0.15) is 0 Å². The quantitative estimate of drug-likeness (QED) is 0.520. The van der Waals surface area contributed by atoms with E-state index in [1.165, 1.54) is 4.90 Å². The number of carbonyl (C=O) groups is 4. The average Bonchev–Trinajstić information content (AvgIpc) is 3.31. The van der Waals surface area contributed by atoms with Crippen LogP contribution in [0, 0.1) is 0 Å². The normalized spacial score (nSPS) is 16.8. The number of hydrogen-bond donors (Lipinski definition) is 2. The molecular formula is C28H32N6O5. The van der Waals surface area contributed by atoms with Crippen LogP contribution in [0.1, 0.15) is 61.9 Å². The molecule has 3 aromatic rings. The molecule has 2 fully saturated rings. The fourth-order valence-electron chi connectivity index (χ4n) is 4.94. The van der Waals surface area contributed by atoms with E-state index in [1.807, 2.05) is 27.6 Å². The molecule has 204 valence electrons. The van der Waals surface area contributed by atoms with Gasteiger partial charge in [0.2, 0.25) is 5.91 Å². The molecular weight excluding hydrogens is 500 g/mol. The maximum absolute atomic E-state index is 13.1. The number of ether oxygens (including phenoxy) is 1. The standard InChI is InChI=1S/C28H32N6O5/c1-28(2,3)39-27(38)30-21-6-4-19(5-7-21)25(36)32-12-8-18(9-13-32)20-10-14-33-22(16-20)29-17-24(33)34-15-11-23(35)31-26(34)37/h4-7,10,14,16-18H,8-9,11-13,15H2,1-3H3,(H,30,38)(H,31,35,37). The topological polar surface area (TPSA) is 125 Å². The van der Waals surface area contributed by atoms with E-state index in [0.29, 0.717) is 36.7 Å². The molecule has 1 aromatic carbocycles. The summed E-state index contributed by atoms with van der Waals surface area (Å²) < 4.78 is 7.11. The number of fused-ring (bicyclic) bond motifs is 1. The molecule has 2 saturated heterocycles. The van der Waals surface area contributed by atoms with Gasteiger partial charge in [-0.1, -0.05) is 0 Å². The van der Waals surface area contributed by atoms with Gasteiger partial charge < -0.3 is 9.64 Å². The fraction of sp³-hybridized carbons (Fsp3) is 0.393. The number of carbonyl (C=O) groups excluding carboxylic acids is 4. The lowest BCUT2D eigenvalue weighted by atomic mass is 9.89. The second-order valence-electron chi connectivity index (χ2n) is 10.8. The smallest absolute Gasteiger partial charge is 0.412 e. The Hall–Kier alpha value is -4.41. The van der Waals surface area contributed by atoms with Crippen molar-refractivity contribution >= 4 is 41.1 Å². The van der Waals surface area contributed by atoms with Gasteiger partial charge in [-0.3, -0.25) is 29.5 Å². The van der Waals surface area contributed by atoms with Gasteiger partial charge in [-0.25, -0.2) is 14.6 Å². The highest BCUT2D eigenvalue weighted by atomic mass is 16.6. The first-order valence-corrected chi connectivity index (χ1v) is 13.0. The average molecular weight is 533 g/mol.